The Bertz CT molecular complexity index is 921. The van der Waals surface area contributed by atoms with E-state index in [2.05, 4.69) is 0 Å². The Morgan fingerprint density at radius 1 is 1.32 bits per heavy atom. The van der Waals surface area contributed by atoms with Crippen molar-refractivity contribution < 1.29 is 23.8 Å². The van der Waals surface area contributed by atoms with Crippen molar-refractivity contribution in [1.29, 1.82) is 0 Å². The molecule has 1 saturated heterocycles. The van der Waals surface area contributed by atoms with Crippen LogP contribution in [-0.2, 0) is 9.59 Å². The van der Waals surface area contributed by atoms with E-state index < -0.39 is 17.7 Å². The minimum Gasteiger partial charge on any atom is -0.507 e. The molecule has 0 saturated carbocycles. The van der Waals surface area contributed by atoms with Crippen molar-refractivity contribution in [3.8, 4) is 5.75 Å². The molecular formula is C20H21ClN2O5. The van der Waals surface area contributed by atoms with E-state index >= 15 is 0 Å². The lowest BCUT2D eigenvalue weighted by Gasteiger charge is -2.24. The van der Waals surface area contributed by atoms with E-state index in [1.165, 1.54) is 24.3 Å². The number of hydrogen-bond donors (Lipinski definition) is 1. The second-order valence-corrected chi connectivity index (χ2v) is 7.09. The smallest absolute Gasteiger partial charge is 0.295 e. The number of Topliss-reactive ketones (excluding diaryl/α,β-unsaturated/α-hetero) is 1. The quantitative estimate of drug-likeness (QED) is 0.453. The fourth-order valence-corrected chi connectivity index (χ4v) is 3.34. The van der Waals surface area contributed by atoms with Gasteiger partial charge in [0.25, 0.3) is 11.7 Å². The molecule has 1 atom stereocenters. The number of likely N-dealkylation sites (N-methyl/N-ethyl adjacent to an activating group) is 1. The summed E-state index contributed by atoms with van der Waals surface area (Å²) in [5.41, 5.74) is 0.177. The van der Waals surface area contributed by atoms with Crippen LogP contribution in [0.4, 0.5) is 0 Å². The van der Waals surface area contributed by atoms with E-state index in [0.29, 0.717) is 29.6 Å². The van der Waals surface area contributed by atoms with Crippen LogP contribution in [-0.4, -0.2) is 60.9 Å². The molecule has 1 aliphatic rings. The van der Waals surface area contributed by atoms with Crippen LogP contribution in [0.3, 0.4) is 0 Å². The third kappa shape index (κ3) is 3.63. The van der Waals surface area contributed by atoms with Crippen LogP contribution >= 0.6 is 11.6 Å². The second-order valence-electron chi connectivity index (χ2n) is 6.66. The average molecular weight is 405 g/mol. The number of amides is 1. The normalized spacial score (nSPS) is 18.9. The van der Waals surface area contributed by atoms with E-state index in [9.17, 15) is 14.7 Å². The number of benzene rings is 1. The summed E-state index contributed by atoms with van der Waals surface area (Å²) in [6.45, 7) is 0.844. The van der Waals surface area contributed by atoms with Crippen molar-refractivity contribution in [2.75, 3.05) is 34.3 Å². The summed E-state index contributed by atoms with van der Waals surface area (Å²) in [4.78, 5) is 28.8. The number of ketones is 1. The Morgan fingerprint density at radius 2 is 2.07 bits per heavy atom. The third-order valence-corrected chi connectivity index (χ3v) is 4.79. The molecule has 28 heavy (non-hydrogen) atoms. The molecule has 0 bridgehead atoms. The van der Waals surface area contributed by atoms with Gasteiger partial charge in [-0.05, 0) is 44.4 Å². The summed E-state index contributed by atoms with van der Waals surface area (Å²) >= 11 is 6.06. The molecule has 3 rings (SSSR count). The molecule has 148 valence electrons. The highest BCUT2D eigenvalue weighted by Gasteiger charge is 2.47. The lowest BCUT2D eigenvalue weighted by atomic mass is 9.99. The van der Waals surface area contributed by atoms with Gasteiger partial charge in [-0.2, -0.15) is 0 Å². The summed E-state index contributed by atoms with van der Waals surface area (Å²) in [6, 6.07) is 7.18. The molecule has 1 fully saturated rings. The van der Waals surface area contributed by atoms with E-state index in [-0.39, 0.29) is 16.9 Å². The van der Waals surface area contributed by atoms with Gasteiger partial charge in [-0.25, -0.2) is 0 Å². The van der Waals surface area contributed by atoms with Gasteiger partial charge in [-0.1, -0.05) is 11.6 Å². The molecule has 7 nitrogen and oxygen atoms in total. The van der Waals surface area contributed by atoms with Crippen molar-refractivity contribution >= 4 is 29.1 Å². The molecule has 0 unspecified atom stereocenters. The second kappa shape index (κ2) is 8.08. The van der Waals surface area contributed by atoms with Gasteiger partial charge in [-0.15, -0.1) is 0 Å². The van der Waals surface area contributed by atoms with Gasteiger partial charge in [-0.3, -0.25) is 9.59 Å². The topological polar surface area (TPSA) is 83.2 Å². The monoisotopic (exact) mass is 404 g/mol. The number of likely N-dealkylation sites (tertiary alicyclic amines) is 1. The molecule has 0 spiro atoms. The molecular weight excluding hydrogens is 384 g/mol. The van der Waals surface area contributed by atoms with Crippen LogP contribution in [0.2, 0.25) is 5.02 Å². The fraction of sp³-hybridized carbons (Fsp3) is 0.300. The highest BCUT2D eigenvalue weighted by Crippen LogP contribution is 2.41. The molecule has 2 heterocycles. The van der Waals surface area contributed by atoms with E-state index in [1.807, 2.05) is 19.0 Å². The zero-order chi connectivity index (χ0) is 20.4. The number of halogens is 1. The molecule has 1 N–H and O–H groups in total. The van der Waals surface area contributed by atoms with Crippen LogP contribution in [0, 0.1) is 0 Å². The maximum Gasteiger partial charge on any atom is 0.295 e. The summed E-state index contributed by atoms with van der Waals surface area (Å²) in [6.07, 6.45) is 1.46. The standard InChI is InChI=1S/C20H21ClN2O5/c1-22(2)8-9-23-17(15-5-4-10-28-15)16(19(25)20(23)26)18(24)13-11-12(21)6-7-14(13)27-3/h4-7,10-11,17,24H,8-9H2,1-3H3/t17-/m0/s1. The van der Waals surface area contributed by atoms with Crippen molar-refractivity contribution in [2.24, 2.45) is 0 Å². The average Bonchev–Trinajstić information content (AvgIpc) is 3.27. The van der Waals surface area contributed by atoms with E-state index in [0.717, 1.165) is 0 Å². The number of ether oxygens (including phenoxy) is 1. The minimum atomic E-state index is -0.835. The predicted octanol–water partition coefficient (Wildman–Crippen LogP) is 2.92. The lowest BCUT2D eigenvalue weighted by Crippen LogP contribution is -2.35. The number of carbonyl (C=O) groups is 2. The first-order valence-electron chi connectivity index (χ1n) is 8.65. The highest BCUT2D eigenvalue weighted by atomic mass is 35.5. The van der Waals surface area contributed by atoms with Crippen LogP contribution in [0.15, 0.2) is 46.6 Å². The Kier molecular flexibility index (Phi) is 5.76. The molecule has 1 aromatic heterocycles. The summed E-state index contributed by atoms with van der Waals surface area (Å²) in [5, 5.41) is 11.4. The SMILES string of the molecule is COc1ccc(Cl)cc1C(O)=C1C(=O)C(=O)N(CCN(C)C)[C@H]1c1ccco1. The summed E-state index contributed by atoms with van der Waals surface area (Å²) < 4.78 is 10.8. The Balaban J connectivity index is 2.17. The molecule has 0 aliphatic carbocycles. The van der Waals surface area contributed by atoms with Crippen molar-refractivity contribution in [2.45, 2.75) is 6.04 Å². The zero-order valence-corrected chi connectivity index (χ0v) is 16.6. The van der Waals surface area contributed by atoms with Gasteiger partial charge in [0.1, 0.15) is 23.3 Å². The molecule has 0 radical (unpaired) electrons. The van der Waals surface area contributed by atoms with Crippen molar-refractivity contribution in [3.63, 3.8) is 0 Å². The molecule has 1 amide bonds. The molecule has 8 heteroatoms. The van der Waals surface area contributed by atoms with Crippen LogP contribution in [0.25, 0.3) is 5.76 Å². The molecule has 2 aromatic rings. The number of aliphatic hydroxyl groups is 1. The predicted molar refractivity (Wildman–Crippen MR) is 104 cm³/mol. The third-order valence-electron chi connectivity index (χ3n) is 4.56. The number of carbonyl (C=O) groups excluding carboxylic acids is 2. The molecule has 1 aliphatic heterocycles. The van der Waals surface area contributed by atoms with Gasteiger partial charge in [0.15, 0.2) is 0 Å². The van der Waals surface area contributed by atoms with Crippen LogP contribution in [0.5, 0.6) is 5.75 Å². The fourth-order valence-electron chi connectivity index (χ4n) is 3.17. The van der Waals surface area contributed by atoms with Crippen LogP contribution in [0.1, 0.15) is 17.4 Å². The van der Waals surface area contributed by atoms with Crippen molar-refractivity contribution in [1.82, 2.24) is 9.80 Å². The highest BCUT2D eigenvalue weighted by molar-refractivity contribution is 6.46. The Morgan fingerprint density at radius 3 is 2.68 bits per heavy atom. The number of aliphatic hydroxyl groups excluding tert-OH is 1. The number of hydrogen-bond acceptors (Lipinski definition) is 6. The Labute approximate surface area is 167 Å². The van der Waals surface area contributed by atoms with Gasteiger partial charge >= 0.3 is 0 Å². The van der Waals surface area contributed by atoms with Gasteiger partial charge in [0.2, 0.25) is 0 Å². The lowest BCUT2D eigenvalue weighted by molar-refractivity contribution is -0.140. The van der Waals surface area contributed by atoms with Crippen LogP contribution < -0.4 is 4.74 Å². The summed E-state index contributed by atoms with van der Waals surface area (Å²) in [5.74, 6) is -1.10. The number of rotatable bonds is 6. The maximum atomic E-state index is 12.8. The zero-order valence-electron chi connectivity index (χ0n) is 15.8. The summed E-state index contributed by atoms with van der Waals surface area (Å²) in [7, 11) is 5.18. The molecule has 1 aromatic carbocycles. The largest absolute Gasteiger partial charge is 0.507 e. The van der Waals surface area contributed by atoms with Gasteiger partial charge in [0, 0.05) is 18.1 Å². The van der Waals surface area contributed by atoms with Crippen molar-refractivity contribution in [3.05, 3.63) is 58.5 Å². The first-order valence-corrected chi connectivity index (χ1v) is 9.03. The van der Waals surface area contributed by atoms with E-state index in [4.69, 9.17) is 20.8 Å². The van der Waals surface area contributed by atoms with Gasteiger partial charge < -0.3 is 24.1 Å². The minimum absolute atomic E-state index is 0.0562. The first kappa shape index (κ1) is 20.0. The number of nitrogens with zero attached hydrogens (tertiary/aromatic N) is 2. The Hall–Kier alpha value is -2.77. The van der Waals surface area contributed by atoms with Gasteiger partial charge in [0.05, 0.1) is 24.5 Å². The van der Waals surface area contributed by atoms with E-state index in [1.54, 1.807) is 24.3 Å². The number of methoxy groups -OCH3 is 1. The number of furan rings is 1. The maximum absolute atomic E-state index is 12.8. The first-order chi connectivity index (χ1) is 13.3.